The Morgan fingerprint density at radius 1 is 0.362 bits per heavy atom. The Balaban J connectivity index is 4.55. The van der Waals surface area contributed by atoms with Crippen LogP contribution in [0.25, 0.3) is 0 Å². The van der Waals surface area contributed by atoms with E-state index in [2.05, 4.69) is 118 Å². The molecule has 1 unspecified atom stereocenters. The number of rotatable bonds is 38. The summed E-state index contributed by atoms with van der Waals surface area (Å²) in [5.74, 6) is -1.03. The predicted molar refractivity (Wildman–Crippen MR) is 246 cm³/mol. The van der Waals surface area contributed by atoms with Crippen molar-refractivity contribution in [2.45, 2.75) is 175 Å². The molecule has 1 atom stereocenters. The summed E-state index contributed by atoms with van der Waals surface area (Å²) in [4.78, 5) is 37.7. The first-order chi connectivity index (χ1) is 28.5. The molecule has 0 aliphatic carbocycles. The number of esters is 3. The SMILES string of the molecule is CC\C=C/C=C\C=C/C=C\CCCCCCCC(=O)OCC(COC(=O)CCC/C=C\C/C=C\C/C=C\CC)OC(=O)CCCCCC/C=C\C/C=C\C/C=C\CC. The molecule has 0 bridgehead atoms. The topological polar surface area (TPSA) is 78.9 Å². The molecule has 0 fully saturated rings. The normalized spacial score (nSPS) is 13.2. The Kier molecular flexibility index (Phi) is 42.2. The molecule has 0 aromatic heterocycles. The van der Waals surface area contributed by atoms with Gasteiger partial charge in [0.15, 0.2) is 6.10 Å². The van der Waals surface area contributed by atoms with E-state index in [1.165, 1.54) is 0 Å². The van der Waals surface area contributed by atoms with Crippen LogP contribution in [-0.2, 0) is 28.6 Å². The predicted octanol–water partition coefficient (Wildman–Crippen LogP) is 14.6. The third-order valence-electron chi connectivity index (χ3n) is 8.79. The van der Waals surface area contributed by atoms with Gasteiger partial charge in [0.2, 0.25) is 0 Å². The van der Waals surface area contributed by atoms with Crippen LogP contribution >= 0.6 is 0 Å². The van der Waals surface area contributed by atoms with Crippen LogP contribution in [0.2, 0.25) is 0 Å². The second kappa shape index (κ2) is 45.5. The zero-order chi connectivity index (χ0) is 42.3. The van der Waals surface area contributed by atoms with Gasteiger partial charge in [-0.05, 0) is 96.3 Å². The molecule has 324 valence electrons. The van der Waals surface area contributed by atoms with E-state index in [1.54, 1.807) is 0 Å². The third kappa shape index (κ3) is 42.9. The Morgan fingerprint density at radius 2 is 0.724 bits per heavy atom. The highest BCUT2D eigenvalue weighted by molar-refractivity contribution is 5.71. The van der Waals surface area contributed by atoms with Gasteiger partial charge in [-0.1, -0.05) is 174 Å². The van der Waals surface area contributed by atoms with Crippen molar-refractivity contribution in [1.82, 2.24) is 0 Å². The molecule has 0 aliphatic rings. The van der Waals surface area contributed by atoms with Gasteiger partial charge in [0.1, 0.15) is 13.2 Å². The van der Waals surface area contributed by atoms with Crippen molar-refractivity contribution in [2.24, 2.45) is 0 Å². The molecule has 0 heterocycles. The molecule has 0 saturated heterocycles. The second-order valence-corrected chi connectivity index (χ2v) is 14.3. The average molecular weight is 801 g/mol. The first-order valence-electron chi connectivity index (χ1n) is 22.6. The molecule has 6 nitrogen and oxygen atoms in total. The minimum Gasteiger partial charge on any atom is -0.462 e. The van der Waals surface area contributed by atoms with E-state index in [0.717, 1.165) is 122 Å². The zero-order valence-electron chi connectivity index (χ0n) is 36.8. The molecule has 0 spiro atoms. The summed E-state index contributed by atoms with van der Waals surface area (Å²) in [5, 5.41) is 0. The number of carbonyl (C=O) groups excluding carboxylic acids is 3. The Morgan fingerprint density at radius 3 is 1.24 bits per heavy atom. The summed E-state index contributed by atoms with van der Waals surface area (Å²) in [6, 6.07) is 0. The van der Waals surface area contributed by atoms with Gasteiger partial charge >= 0.3 is 17.9 Å². The summed E-state index contributed by atoms with van der Waals surface area (Å²) in [6.07, 6.45) is 61.9. The zero-order valence-corrected chi connectivity index (χ0v) is 36.8. The van der Waals surface area contributed by atoms with Crippen molar-refractivity contribution in [3.8, 4) is 0 Å². The van der Waals surface area contributed by atoms with Gasteiger partial charge in [0.25, 0.3) is 0 Å². The molecule has 58 heavy (non-hydrogen) atoms. The Bertz CT molecular complexity index is 1290. The second-order valence-electron chi connectivity index (χ2n) is 14.3. The summed E-state index contributed by atoms with van der Waals surface area (Å²) >= 11 is 0. The quantitative estimate of drug-likeness (QED) is 0.0203. The Labute approximate surface area is 354 Å². The van der Waals surface area contributed by atoms with Crippen molar-refractivity contribution < 1.29 is 28.6 Å². The van der Waals surface area contributed by atoms with Crippen LogP contribution in [0.1, 0.15) is 168 Å². The van der Waals surface area contributed by atoms with Crippen LogP contribution in [0.4, 0.5) is 0 Å². The minimum absolute atomic E-state index is 0.120. The number of hydrogen-bond acceptors (Lipinski definition) is 6. The van der Waals surface area contributed by atoms with Crippen LogP contribution in [0.15, 0.2) is 122 Å². The minimum atomic E-state index is -0.821. The number of hydrogen-bond donors (Lipinski definition) is 0. The molecule has 6 heteroatoms. The van der Waals surface area contributed by atoms with Gasteiger partial charge in [-0.3, -0.25) is 14.4 Å². The highest BCUT2D eigenvalue weighted by atomic mass is 16.6. The summed E-state index contributed by atoms with van der Waals surface area (Å²) in [7, 11) is 0. The number of carbonyl (C=O) groups is 3. The molecule has 0 saturated carbocycles. The molecular formula is C52H80O6. The van der Waals surface area contributed by atoms with E-state index in [0.29, 0.717) is 12.8 Å². The average Bonchev–Trinajstić information content (AvgIpc) is 3.22. The monoisotopic (exact) mass is 801 g/mol. The molecule has 0 aromatic rings. The van der Waals surface area contributed by atoms with Crippen molar-refractivity contribution in [2.75, 3.05) is 13.2 Å². The first kappa shape index (κ1) is 53.8. The van der Waals surface area contributed by atoms with E-state index in [-0.39, 0.29) is 44.0 Å². The van der Waals surface area contributed by atoms with Crippen LogP contribution in [-0.4, -0.2) is 37.2 Å². The third-order valence-corrected chi connectivity index (χ3v) is 8.79. The maximum Gasteiger partial charge on any atom is 0.306 e. The van der Waals surface area contributed by atoms with Gasteiger partial charge in [-0.2, -0.15) is 0 Å². The van der Waals surface area contributed by atoms with Crippen molar-refractivity contribution >= 4 is 17.9 Å². The van der Waals surface area contributed by atoms with E-state index < -0.39 is 6.10 Å². The molecule has 0 radical (unpaired) electrons. The number of ether oxygens (including phenoxy) is 3. The standard InChI is InChI=1S/C52H80O6/c1-4-7-10-13-16-19-22-24-26-28-30-33-36-39-42-45-51(54)57-48-49(47-56-50(53)44-41-38-35-32-29-21-18-15-12-9-6-3)58-52(55)46-43-40-37-34-31-27-25-23-20-17-14-11-8-5-2/h7-13,16-22,24-27,32,35,49H,4-6,14-15,23,28-31,33-34,36-48H2,1-3H3/b10-7-,11-8-,12-9-,16-13-,20-17-,21-18-,22-19-,26-24-,27-25-,35-32-. The van der Waals surface area contributed by atoms with E-state index in [1.807, 2.05) is 24.3 Å². The van der Waals surface area contributed by atoms with Crippen molar-refractivity contribution in [1.29, 1.82) is 0 Å². The number of unbranched alkanes of at least 4 members (excludes halogenated alkanes) is 10. The van der Waals surface area contributed by atoms with Gasteiger partial charge in [-0.25, -0.2) is 0 Å². The van der Waals surface area contributed by atoms with Crippen LogP contribution in [0.3, 0.4) is 0 Å². The summed E-state index contributed by atoms with van der Waals surface area (Å²) < 4.78 is 16.6. The number of allylic oxidation sites excluding steroid dienone is 20. The van der Waals surface area contributed by atoms with Gasteiger partial charge in [-0.15, -0.1) is 0 Å². The highest BCUT2D eigenvalue weighted by Crippen LogP contribution is 2.11. The fourth-order valence-electron chi connectivity index (χ4n) is 5.49. The summed E-state index contributed by atoms with van der Waals surface area (Å²) in [6.45, 7) is 6.14. The van der Waals surface area contributed by atoms with Gasteiger partial charge < -0.3 is 14.2 Å². The lowest BCUT2D eigenvalue weighted by molar-refractivity contribution is -0.167. The van der Waals surface area contributed by atoms with Gasteiger partial charge in [0, 0.05) is 19.3 Å². The van der Waals surface area contributed by atoms with E-state index >= 15 is 0 Å². The largest absolute Gasteiger partial charge is 0.462 e. The van der Waals surface area contributed by atoms with Crippen molar-refractivity contribution in [3.63, 3.8) is 0 Å². The lowest BCUT2D eigenvalue weighted by Crippen LogP contribution is -2.30. The van der Waals surface area contributed by atoms with E-state index in [4.69, 9.17) is 14.2 Å². The first-order valence-corrected chi connectivity index (χ1v) is 22.6. The molecule has 0 amide bonds. The smallest absolute Gasteiger partial charge is 0.306 e. The molecular weight excluding hydrogens is 721 g/mol. The van der Waals surface area contributed by atoms with Crippen LogP contribution < -0.4 is 0 Å². The molecule has 0 rings (SSSR count). The van der Waals surface area contributed by atoms with E-state index in [9.17, 15) is 14.4 Å². The van der Waals surface area contributed by atoms with Gasteiger partial charge in [0.05, 0.1) is 0 Å². The fraction of sp³-hybridized carbons (Fsp3) is 0.558. The molecule has 0 N–H and O–H groups in total. The molecule has 0 aliphatic heterocycles. The van der Waals surface area contributed by atoms with Crippen LogP contribution in [0, 0.1) is 0 Å². The Hall–Kier alpha value is -4.19. The lowest BCUT2D eigenvalue weighted by Gasteiger charge is -2.18. The summed E-state index contributed by atoms with van der Waals surface area (Å²) in [5.41, 5.74) is 0. The fourth-order valence-corrected chi connectivity index (χ4v) is 5.49. The maximum atomic E-state index is 12.7. The highest BCUT2D eigenvalue weighted by Gasteiger charge is 2.19. The van der Waals surface area contributed by atoms with Crippen molar-refractivity contribution in [3.05, 3.63) is 122 Å². The van der Waals surface area contributed by atoms with Crippen LogP contribution in [0.5, 0.6) is 0 Å². The maximum absolute atomic E-state index is 12.7. The lowest BCUT2D eigenvalue weighted by atomic mass is 10.1. The molecule has 0 aromatic carbocycles.